The van der Waals surface area contributed by atoms with Crippen molar-refractivity contribution in [3.63, 3.8) is 0 Å². The smallest absolute Gasteiger partial charge is 0.271 e. The van der Waals surface area contributed by atoms with E-state index in [4.69, 9.17) is 9.47 Å². The van der Waals surface area contributed by atoms with Crippen molar-refractivity contribution in [3.05, 3.63) is 76.0 Å². The Morgan fingerprint density at radius 2 is 1.04 bits per heavy atom. The molecule has 3 heterocycles. The predicted octanol–water partition coefficient (Wildman–Crippen LogP) is 3.21. The number of carbonyl (C=O) groups excluding carboxylic acids is 8. The van der Waals surface area contributed by atoms with Crippen molar-refractivity contribution >= 4 is 63.7 Å². The van der Waals surface area contributed by atoms with Crippen molar-refractivity contribution in [1.29, 1.82) is 0 Å². The molecule has 5 atom stereocenters. The van der Waals surface area contributed by atoms with Gasteiger partial charge in [-0.05, 0) is 107 Å². The Bertz CT molecular complexity index is 2920. The lowest BCUT2D eigenvalue weighted by molar-refractivity contribution is -0.142. The molecule has 3 aromatic rings. The summed E-state index contributed by atoms with van der Waals surface area (Å²) in [5.41, 5.74) is 1.88. The molecule has 2 aliphatic heterocycles. The van der Waals surface area contributed by atoms with E-state index in [2.05, 4.69) is 31.9 Å². The van der Waals surface area contributed by atoms with Gasteiger partial charge in [-0.1, -0.05) is 51.5 Å². The number of fused-ring (bicyclic) bond motifs is 2. The summed E-state index contributed by atoms with van der Waals surface area (Å²) in [7, 11) is 5.03. The molecule has 2 saturated heterocycles. The van der Waals surface area contributed by atoms with Crippen molar-refractivity contribution in [1.82, 2.24) is 56.1 Å². The Morgan fingerprint density at radius 1 is 0.583 bits per heavy atom. The van der Waals surface area contributed by atoms with E-state index in [0.29, 0.717) is 16.6 Å². The molecular formula is C61H85F2N11O10. The summed E-state index contributed by atoms with van der Waals surface area (Å²) in [5, 5.41) is 17.8. The van der Waals surface area contributed by atoms with Crippen LogP contribution in [0.25, 0.3) is 16.5 Å². The minimum absolute atomic E-state index is 0.0148. The fourth-order valence-electron chi connectivity index (χ4n) is 12.5. The minimum atomic E-state index is -0.674. The van der Waals surface area contributed by atoms with Crippen LogP contribution in [0.3, 0.4) is 0 Å². The summed E-state index contributed by atoms with van der Waals surface area (Å²) < 4.78 is 42.6. The highest BCUT2D eigenvalue weighted by atomic mass is 19.1. The molecule has 4 fully saturated rings. The number of hydrogen-bond donors (Lipinski definition) is 6. The average molecular weight is 1170 g/mol. The van der Waals surface area contributed by atoms with E-state index in [1.54, 1.807) is 65.2 Å². The molecular weight excluding hydrogens is 1080 g/mol. The van der Waals surface area contributed by atoms with Crippen molar-refractivity contribution < 1.29 is 56.6 Å². The third kappa shape index (κ3) is 14.6. The summed E-state index contributed by atoms with van der Waals surface area (Å²) in [6.07, 6.45) is 9.50. The second-order valence-electron chi connectivity index (χ2n) is 22.9. The van der Waals surface area contributed by atoms with Crippen LogP contribution in [-0.4, -0.2) is 202 Å². The number of rotatable bonds is 23. The third-order valence-electron chi connectivity index (χ3n) is 17.7. The van der Waals surface area contributed by atoms with Gasteiger partial charge < -0.3 is 65.5 Å². The standard InChI is InChI=1S/C61H85F2N11O10/c1-37-44-19-17-42(62)35-45(44)49(48(37)58(79)71-23-25-72(26-24-71)59(80)51(40-13-9-7-10-14-40)68-54(75)38(2)64-4)56(77)66-21-31-83-33-34-84-32-22-67-57(78)50-46-36-43(63)18-20-47(46)70(6)53(50)61(82)74-29-27-73(28-30-74)60(81)52(41-15-11-8-12-16-41)69-55(76)39(3)65-5/h17-20,35-41,51-52,64-65H,7-16,21-34H2,1-6H3,(H,66,77)(H,67,78)(H,68,75)(H,69,76)/t37?,38-,39-,51?,52?/m0/s1. The Balaban J connectivity index is 0.805. The largest absolute Gasteiger partial charge is 0.377 e. The minimum Gasteiger partial charge on any atom is -0.377 e. The van der Waals surface area contributed by atoms with E-state index in [0.717, 1.165) is 64.2 Å². The van der Waals surface area contributed by atoms with Crippen LogP contribution in [-0.2, 0) is 45.3 Å². The molecule has 8 amide bonds. The van der Waals surface area contributed by atoms with Crippen molar-refractivity contribution in [3.8, 4) is 0 Å². The molecule has 0 bridgehead atoms. The van der Waals surface area contributed by atoms with Gasteiger partial charge in [0.15, 0.2) is 0 Å². The Hall–Kier alpha value is -6.82. The molecule has 2 saturated carbocycles. The normalized spacial score (nSPS) is 19.4. The number of aromatic nitrogens is 1. The lowest BCUT2D eigenvalue weighted by atomic mass is 9.83. The van der Waals surface area contributed by atoms with Gasteiger partial charge in [0, 0.05) is 94.9 Å². The molecule has 3 unspecified atom stereocenters. The molecule has 21 nitrogen and oxygen atoms in total. The van der Waals surface area contributed by atoms with Crippen LogP contribution < -0.4 is 31.9 Å². The van der Waals surface area contributed by atoms with Gasteiger partial charge in [-0.25, -0.2) is 8.78 Å². The SMILES string of the molecule is CN[C@@H](C)C(=O)NC(C(=O)N1CCN(C(=O)C2=C(C(=O)NCCOCCOCCNC(=O)c3c(C(=O)N4CCN(C(=O)C(NC(=O)[C@H](C)NC)C5CCCCC5)CC4)n(C)c4ccc(F)cc34)c3cc(F)ccc3C2C)CC1)C1CCCCC1. The number of halogens is 2. The molecule has 458 valence electrons. The maximum Gasteiger partial charge on any atom is 0.271 e. The Labute approximate surface area is 490 Å². The monoisotopic (exact) mass is 1170 g/mol. The second-order valence-corrected chi connectivity index (χ2v) is 22.9. The maximum atomic E-state index is 14.8. The molecule has 8 rings (SSSR count). The van der Waals surface area contributed by atoms with Gasteiger partial charge in [0.1, 0.15) is 29.4 Å². The average Bonchev–Trinajstić information content (AvgIpc) is 1.98. The van der Waals surface area contributed by atoms with Gasteiger partial charge in [0.05, 0.1) is 49.6 Å². The number of ether oxygens (including phenoxy) is 2. The number of aryl methyl sites for hydroxylation is 1. The summed E-state index contributed by atoms with van der Waals surface area (Å²) in [6.45, 7) is 7.55. The van der Waals surface area contributed by atoms with Gasteiger partial charge in [-0.2, -0.15) is 0 Å². The lowest BCUT2D eigenvalue weighted by Gasteiger charge is -2.39. The number of carbonyl (C=O) groups is 8. The zero-order chi connectivity index (χ0) is 60.2. The van der Waals surface area contributed by atoms with Crippen LogP contribution >= 0.6 is 0 Å². The summed E-state index contributed by atoms with van der Waals surface area (Å²) >= 11 is 0. The first-order valence-electron chi connectivity index (χ1n) is 30.1. The van der Waals surface area contributed by atoms with Crippen molar-refractivity contribution in [2.75, 3.05) is 106 Å². The van der Waals surface area contributed by atoms with Gasteiger partial charge in [0.2, 0.25) is 23.6 Å². The molecule has 3 aliphatic carbocycles. The number of piperazine rings is 2. The van der Waals surface area contributed by atoms with Crippen LogP contribution in [0, 0.1) is 23.5 Å². The molecule has 0 spiro atoms. The van der Waals surface area contributed by atoms with E-state index < -0.39 is 59.4 Å². The zero-order valence-electron chi connectivity index (χ0n) is 49.6. The van der Waals surface area contributed by atoms with Crippen LogP contribution in [0.4, 0.5) is 8.78 Å². The van der Waals surface area contributed by atoms with E-state index >= 15 is 0 Å². The van der Waals surface area contributed by atoms with Crippen LogP contribution in [0.5, 0.6) is 0 Å². The number of nitrogens with one attached hydrogen (secondary N) is 6. The summed E-state index contributed by atoms with van der Waals surface area (Å²) in [5.74, 6) is -4.41. The van der Waals surface area contributed by atoms with Gasteiger partial charge >= 0.3 is 0 Å². The van der Waals surface area contributed by atoms with E-state index in [1.165, 1.54) is 30.3 Å². The quantitative estimate of drug-likeness (QED) is 0.0751. The number of benzene rings is 2. The third-order valence-corrected chi connectivity index (χ3v) is 17.7. The fourth-order valence-corrected chi connectivity index (χ4v) is 12.5. The highest BCUT2D eigenvalue weighted by molar-refractivity contribution is 6.28. The first-order chi connectivity index (χ1) is 40.4. The predicted molar refractivity (Wildman–Crippen MR) is 311 cm³/mol. The Kier molecular flexibility index (Phi) is 22.1. The maximum absolute atomic E-state index is 14.8. The second kappa shape index (κ2) is 29.3. The number of likely N-dealkylation sites (N-methyl/N-ethyl adjacent to an activating group) is 2. The number of amides is 8. The molecule has 6 N–H and O–H groups in total. The van der Waals surface area contributed by atoms with Crippen LogP contribution in [0.15, 0.2) is 42.0 Å². The zero-order valence-corrected chi connectivity index (χ0v) is 49.6. The molecule has 2 aromatic carbocycles. The van der Waals surface area contributed by atoms with Crippen molar-refractivity contribution in [2.24, 2.45) is 18.9 Å². The Morgan fingerprint density at radius 3 is 1.54 bits per heavy atom. The van der Waals surface area contributed by atoms with Gasteiger partial charge in [-0.3, -0.25) is 38.4 Å². The van der Waals surface area contributed by atoms with Crippen molar-refractivity contribution in [2.45, 2.75) is 115 Å². The summed E-state index contributed by atoms with van der Waals surface area (Å²) in [4.78, 5) is 117. The highest BCUT2D eigenvalue weighted by Gasteiger charge is 2.42. The van der Waals surface area contributed by atoms with E-state index in [1.807, 2.05) is 6.92 Å². The molecule has 23 heteroatoms. The van der Waals surface area contributed by atoms with Crippen LogP contribution in [0.2, 0.25) is 0 Å². The number of nitrogens with zero attached hydrogens (tertiary/aromatic N) is 5. The molecule has 0 radical (unpaired) electrons. The topological polar surface area (TPSA) is 245 Å². The molecule has 1 aromatic heterocycles. The lowest BCUT2D eigenvalue weighted by Crippen LogP contribution is -2.59. The molecule has 5 aliphatic rings. The number of hydrogen-bond acceptors (Lipinski definition) is 12. The highest BCUT2D eigenvalue weighted by Crippen LogP contribution is 2.43. The van der Waals surface area contributed by atoms with Crippen LogP contribution in [0.1, 0.15) is 123 Å². The fraction of sp³-hybridized carbons (Fsp3) is 0.607. The van der Waals surface area contributed by atoms with E-state index in [-0.39, 0.29) is 161 Å². The first-order valence-corrected chi connectivity index (χ1v) is 30.1. The summed E-state index contributed by atoms with van der Waals surface area (Å²) in [6, 6.07) is 5.88. The van der Waals surface area contributed by atoms with Gasteiger partial charge in [0.25, 0.3) is 23.6 Å². The van der Waals surface area contributed by atoms with E-state index in [9.17, 15) is 47.1 Å². The molecule has 84 heavy (non-hydrogen) atoms. The van der Waals surface area contributed by atoms with Gasteiger partial charge in [-0.15, -0.1) is 0 Å². The first kappa shape index (κ1) is 63.2.